The Morgan fingerprint density at radius 3 is 2.46 bits per heavy atom. The lowest BCUT2D eigenvalue weighted by Gasteiger charge is -2.32. The Hall–Kier alpha value is -3.37. The van der Waals surface area contributed by atoms with E-state index in [2.05, 4.69) is 32.9 Å². The molecular formula is C28H26ClIN4O3. The third-order valence-electron chi connectivity index (χ3n) is 6.03. The highest BCUT2D eigenvalue weighted by molar-refractivity contribution is 14.1. The Balaban J connectivity index is 1.87. The smallest absolute Gasteiger partial charge is 0.297 e. The van der Waals surface area contributed by atoms with E-state index in [4.69, 9.17) is 16.3 Å². The Kier molecular flexibility index (Phi) is 8.19. The molecule has 0 spiro atoms. The monoisotopic (exact) mass is 628 g/mol. The van der Waals surface area contributed by atoms with Gasteiger partial charge in [0.25, 0.3) is 11.5 Å². The van der Waals surface area contributed by atoms with E-state index < -0.39 is 11.5 Å². The Bertz CT molecular complexity index is 1510. The van der Waals surface area contributed by atoms with Crippen LogP contribution in [0, 0.1) is 10.5 Å². The molecule has 4 rings (SSSR count). The van der Waals surface area contributed by atoms with Crippen LogP contribution in [0.4, 0.5) is 11.6 Å². The zero-order chi connectivity index (χ0) is 26.7. The molecule has 7 nitrogen and oxygen atoms in total. The van der Waals surface area contributed by atoms with Crippen LogP contribution in [0.5, 0.6) is 5.75 Å². The van der Waals surface area contributed by atoms with Crippen LogP contribution in [0.15, 0.2) is 77.6 Å². The quantitative estimate of drug-likeness (QED) is 0.261. The number of para-hydroxylation sites is 1. The SMILES string of the molecule is COc1c(C(=O)Nc2ccccc2I)nc(N(C)C(c2ccccc2)c2cc(C)ccc2Cl)n(C)c1=O. The minimum Gasteiger partial charge on any atom is -0.489 e. The minimum absolute atomic E-state index is 0.103. The summed E-state index contributed by atoms with van der Waals surface area (Å²) in [5.41, 5.74) is 2.88. The summed E-state index contributed by atoms with van der Waals surface area (Å²) in [6, 6.07) is 22.6. The number of nitrogens with one attached hydrogen (secondary N) is 1. The second-order valence-electron chi connectivity index (χ2n) is 8.54. The van der Waals surface area contributed by atoms with Crippen molar-refractivity contribution in [3.05, 3.63) is 114 Å². The van der Waals surface area contributed by atoms with Gasteiger partial charge < -0.3 is 15.0 Å². The largest absolute Gasteiger partial charge is 0.489 e. The summed E-state index contributed by atoms with van der Waals surface area (Å²) in [5, 5.41) is 3.43. The van der Waals surface area contributed by atoms with E-state index in [-0.39, 0.29) is 23.4 Å². The molecule has 1 heterocycles. The van der Waals surface area contributed by atoms with Crippen LogP contribution >= 0.6 is 34.2 Å². The second kappa shape index (κ2) is 11.4. The molecule has 1 atom stereocenters. The number of halogens is 2. The number of hydrogen-bond acceptors (Lipinski definition) is 5. The molecule has 0 aliphatic rings. The molecule has 0 aliphatic carbocycles. The molecule has 1 aromatic heterocycles. The van der Waals surface area contributed by atoms with Crippen molar-refractivity contribution in [2.45, 2.75) is 13.0 Å². The lowest BCUT2D eigenvalue weighted by atomic mass is 9.96. The summed E-state index contributed by atoms with van der Waals surface area (Å²) in [6.45, 7) is 2.00. The number of nitrogens with zero attached hydrogens (tertiary/aromatic N) is 3. The van der Waals surface area contributed by atoms with Crippen molar-refractivity contribution in [1.29, 1.82) is 0 Å². The van der Waals surface area contributed by atoms with Crippen molar-refractivity contribution in [3.8, 4) is 5.75 Å². The third kappa shape index (κ3) is 5.50. The molecule has 37 heavy (non-hydrogen) atoms. The van der Waals surface area contributed by atoms with Crippen LogP contribution in [0.1, 0.15) is 33.2 Å². The average molecular weight is 629 g/mol. The predicted octanol–water partition coefficient (Wildman–Crippen LogP) is 5.83. The summed E-state index contributed by atoms with van der Waals surface area (Å²) >= 11 is 8.81. The Labute approximate surface area is 234 Å². The van der Waals surface area contributed by atoms with Crippen molar-refractivity contribution in [1.82, 2.24) is 9.55 Å². The highest BCUT2D eigenvalue weighted by Gasteiger charge is 2.28. The van der Waals surface area contributed by atoms with E-state index in [1.807, 2.05) is 85.6 Å². The Morgan fingerprint density at radius 1 is 1.11 bits per heavy atom. The molecule has 3 aromatic carbocycles. The molecule has 190 valence electrons. The number of amides is 1. The minimum atomic E-state index is -0.543. The summed E-state index contributed by atoms with van der Waals surface area (Å²) in [4.78, 5) is 33.2. The summed E-state index contributed by atoms with van der Waals surface area (Å²) < 4.78 is 7.58. The van der Waals surface area contributed by atoms with Gasteiger partial charge in [0.2, 0.25) is 11.7 Å². The topological polar surface area (TPSA) is 76.5 Å². The van der Waals surface area contributed by atoms with Gasteiger partial charge in [-0.3, -0.25) is 14.2 Å². The van der Waals surface area contributed by atoms with Crippen LogP contribution in [-0.4, -0.2) is 29.6 Å². The first-order valence-corrected chi connectivity index (χ1v) is 12.9. The van der Waals surface area contributed by atoms with E-state index in [0.717, 1.165) is 20.3 Å². The van der Waals surface area contributed by atoms with Gasteiger partial charge in [0.15, 0.2) is 5.69 Å². The number of aromatic nitrogens is 2. The van der Waals surface area contributed by atoms with Gasteiger partial charge in [-0.1, -0.05) is 71.8 Å². The van der Waals surface area contributed by atoms with Gasteiger partial charge in [0, 0.05) is 22.7 Å². The van der Waals surface area contributed by atoms with E-state index in [1.165, 1.54) is 11.7 Å². The van der Waals surface area contributed by atoms with E-state index in [1.54, 1.807) is 13.1 Å². The first kappa shape index (κ1) is 26.7. The molecule has 0 fully saturated rings. The van der Waals surface area contributed by atoms with Gasteiger partial charge in [-0.05, 0) is 58.8 Å². The lowest BCUT2D eigenvalue weighted by molar-refractivity contribution is 0.101. The predicted molar refractivity (Wildman–Crippen MR) is 156 cm³/mol. The molecule has 0 radical (unpaired) electrons. The molecule has 1 amide bonds. The normalized spacial score (nSPS) is 11.6. The number of benzene rings is 3. The number of carbonyl (C=O) groups is 1. The highest BCUT2D eigenvalue weighted by atomic mass is 127. The maximum atomic E-state index is 13.4. The fourth-order valence-corrected chi connectivity index (χ4v) is 4.95. The number of rotatable bonds is 7. The van der Waals surface area contributed by atoms with Crippen molar-refractivity contribution in [2.24, 2.45) is 7.05 Å². The van der Waals surface area contributed by atoms with Gasteiger partial charge in [-0.15, -0.1) is 0 Å². The molecule has 0 saturated carbocycles. The molecule has 0 bridgehead atoms. The zero-order valence-electron chi connectivity index (χ0n) is 20.8. The van der Waals surface area contributed by atoms with Crippen molar-refractivity contribution in [2.75, 3.05) is 24.4 Å². The van der Waals surface area contributed by atoms with Gasteiger partial charge >= 0.3 is 0 Å². The number of hydrogen-bond donors (Lipinski definition) is 1. The van der Waals surface area contributed by atoms with Crippen molar-refractivity contribution >= 4 is 51.7 Å². The molecule has 0 aliphatic heterocycles. The maximum Gasteiger partial charge on any atom is 0.297 e. The Morgan fingerprint density at radius 2 is 1.78 bits per heavy atom. The van der Waals surface area contributed by atoms with Crippen LogP contribution in [0.2, 0.25) is 5.02 Å². The van der Waals surface area contributed by atoms with Gasteiger partial charge in [-0.25, -0.2) is 4.98 Å². The lowest BCUT2D eigenvalue weighted by Crippen LogP contribution is -2.35. The molecule has 4 aromatic rings. The third-order valence-corrected chi connectivity index (χ3v) is 7.32. The molecule has 1 N–H and O–H groups in total. The number of methoxy groups -OCH3 is 1. The van der Waals surface area contributed by atoms with Crippen LogP contribution in [-0.2, 0) is 7.05 Å². The van der Waals surface area contributed by atoms with Crippen LogP contribution in [0.25, 0.3) is 0 Å². The van der Waals surface area contributed by atoms with Crippen LogP contribution < -0.4 is 20.5 Å². The molecule has 9 heteroatoms. The summed E-state index contributed by atoms with van der Waals surface area (Å²) in [6.07, 6.45) is 0. The van der Waals surface area contributed by atoms with E-state index >= 15 is 0 Å². The van der Waals surface area contributed by atoms with Gasteiger partial charge in [0.1, 0.15) is 0 Å². The van der Waals surface area contributed by atoms with E-state index in [9.17, 15) is 9.59 Å². The number of ether oxygens (including phenoxy) is 1. The average Bonchev–Trinajstić information content (AvgIpc) is 2.89. The fourth-order valence-electron chi connectivity index (χ4n) is 4.20. The number of anilines is 2. The maximum absolute atomic E-state index is 13.4. The van der Waals surface area contributed by atoms with Crippen molar-refractivity contribution in [3.63, 3.8) is 0 Å². The summed E-state index contributed by atoms with van der Waals surface area (Å²) in [5.74, 6) is -0.392. The molecule has 0 saturated heterocycles. The van der Waals surface area contributed by atoms with E-state index in [0.29, 0.717) is 10.7 Å². The van der Waals surface area contributed by atoms with Gasteiger partial charge in [0.05, 0.1) is 18.8 Å². The first-order chi connectivity index (χ1) is 17.7. The highest BCUT2D eigenvalue weighted by Crippen LogP contribution is 2.35. The van der Waals surface area contributed by atoms with Crippen LogP contribution in [0.3, 0.4) is 0 Å². The number of aryl methyl sites for hydroxylation is 1. The first-order valence-electron chi connectivity index (χ1n) is 11.5. The standard InChI is InChI=1S/C28H26ClIN4O3/c1-17-14-15-20(29)19(16-17)24(18-10-6-5-7-11-18)33(2)28-32-23(25(37-4)27(36)34(28)3)26(35)31-22-13-9-8-12-21(22)30/h5-16,24H,1-4H3,(H,31,35). The second-order valence-corrected chi connectivity index (χ2v) is 10.1. The number of carbonyl (C=O) groups excluding carboxylic acids is 1. The van der Waals surface area contributed by atoms with Crippen molar-refractivity contribution < 1.29 is 9.53 Å². The fraction of sp³-hybridized carbons (Fsp3) is 0.179. The zero-order valence-corrected chi connectivity index (χ0v) is 23.7. The summed E-state index contributed by atoms with van der Waals surface area (Å²) in [7, 11) is 4.78. The molecular weight excluding hydrogens is 603 g/mol. The molecule has 1 unspecified atom stereocenters. The van der Waals surface area contributed by atoms with Gasteiger partial charge in [-0.2, -0.15) is 0 Å².